The van der Waals surface area contributed by atoms with E-state index in [0.717, 1.165) is 0 Å². The van der Waals surface area contributed by atoms with Crippen LogP contribution in [0.1, 0.15) is 16.8 Å². The molecule has 0 saturated carbocycles. The van der Waals surface area contributed by atoms with E-state index < -0.39 is 24.3 Å². The minimum Gasteiger partial charge on any atom is -0.481 e. The summed E-state index contributed by atoms with van der Waals surface area (Å²) in [6, 6.07) is 4.84. The molecule has 1 aromatic rings. The molecule has 2 amide bonds. The second-order valence-corrected chi connectivity index (χ2v) is 4.25. The minimum atomic E-state index is -1.16. The number of anilines is 1. The third kappa shape index (κ3) is 5.59. The summed E-state index contributed by atoms with van der Waals surface area (Å²) in [5, 5.41) is 22.1. The quantitative estimate of drug-likeness (QED) is 0.443. The van der Waals surface area contributed by atoms with Gasteiger partial charge in [-0.2, -0.15) is 0 Å². The highest BCUT2D eigenvalue weighted by Crippen LogP contribution is 2.10. The molecule has 0 radical (unpaired) electrons. The maximum absolute atomic E-state index is 11.6. The largest absolute Gasteiger partial charge is 0.481 e. The van der Waals surface area contributed by atoms with Crippen LogP contribution in [0.3, 0.4) is 0 Å². The van der Waals surface area contributed by atoms with Crippen LogP contribution in [0.15, 0.2) is 24.3 Å². The lowest BCUT2D eigenvalue weighted by atomic mass is 10.1. The second kappa shape index (κ2) is 7.98. The smallest absolute Gasteiger partial charge is 0.305 e. The molecule has 0 aliphatic rings. The maximum atomic E-state index is 11.6. The number of rotatable bonds is 7. The van der Waals surface area contributed by atoms with Crippen molar-refractivity contribution in [3.8, 4) is 0 Å². The van der Waals surface area contributed by atoms with E-state index in [1.54, 1.807) is 0 Å². The Kier molecular flexibility index (Phi) is 6.31. The van der Waals surface area contributed by atoms with Crippen LogP contribution in [0.5, 0.6) is 0 Å². The number of aliphatic hydroxyl groups is 1. The number of amides is 2. The van der Waals surface area contributed by atoms with Crippen LogP contribution in [-0.2, 0) is 9.59 Å². The van der Waals surface area contributed by atoms with Crippen LogP contribution >= 0.6 is 0 Å². The van der Waals surface area contributed by atoms with Crippen LogP contribution < -0.4 is 16.4 Å². The predicted octanol–water partition coefficient (Wildman–Crippen LogP) is -0.851. The van der Waals surface area contributed by atoms with Crippen molar-refractivity contribution in [3.05, 3.63) is 29.8 Å². The number of aliphatic carboxylic acids is 1. The first-order valence-electron chi connectivity index (χ1n) is 6.21. The molecular formula is C13H17N3O5. The SMILES string of the molecule is NC(CC(=O)O)C(=O)Nc1ccc(C(=O)NCCO)cc1. The number of nitrogens with one attached hydrogen (secondary N) is 2. The molecular weight excluding hydrogens is 278 g/mol. The first-order chi connectivity index (χ1) is 9.93. The number of carbonyl (C=O) groups is 3. The Morgan fingerprint density at radius 3 is 2.33 bits per heavy atom. The Morgan fingerprint density at radius 2 is 1.81 bits per heavy atom. The average Bonchev–Trinajstić information content (AvgIpc) is 2.44. The number of hydrogen-bond acceptors (Lipinski definition) is 5. The molecule has 1 rings (SSSR count). The number of carbonyl (C=O) groups excluding carboxylic acids is 2. The van der Waals surface area contributed by atoms with Crippen LogP contribution in [0.2, 0.25) is 0 Å². The molecule has 114 valence electrons. The molecule has 8 nitrogen and oxygen atoms in total. The minimum absolute atomic E-state index is 0.151. The molecule has 8 heteroatoms. The van der Waals surface area contributed by atoms with Crippen molar-refractivity contribution in [2.75, 3.05) is 18.5 Å². The van der Waals surface area contributed by atoms with E-state index in [4.69, 9.17) is 15.9 Å². The van der Waals surface area contributed by atoms with Crippen molar-refractivity contribution in [1.29, 1.82) is 0 Å². The zero-order valence-electron chi connectivity index (χ0n) is 11.2. The predicted molar refractivity (Wildman–Crippen MR) is 74.7 cm³/mol. The monoisotopic (exact) mass is 295 g/mol. The van der Waals surface area contributed by atoms with E-state index in [1.165, 1.54) is 24.3 Å². The van der Waals surface area contributed by atoms with Crippen molar-refractivity contribution in [2.24, 2.45) is 5.73 Å². The molecule has 0 aliphatic carbocycles. The lowest BCUT2D eigenvalue weighted by molar-refractivity contribution is -0.138. The standard InChI is InChI=1S/C13H17N3O5/c14-10(7-11(18)19)13(21)16-9-3-1-8(2-4-9)12(20)15-5-6-17/h1-4,10,17H,5-7,14H2,(H,15,20)(H,16,21)(H,18,19). The molecule has 1 atom stereocenters. The van der Waals surface area contributed by atoms with Gasteiger partial charge >= 0.3 is 5.97 Å². The summed E-state index contributed by atoms with van der Waals surface area (Å²) in [6.45, 7) is 0.00269. The van der Waals surface area contributed by atoms with Gasteiger partial charge in [-0.15, -0.1) is 0 Å². The average molecular weight is 295 g/mol. The normalized spacial score (nSPS) is 11.5. The molecule has 0 aliphatic heterocycles. The van der Waals surface area contributed by atoms with E-state index in [9.17, 15) is 14.4 Å². The summed E-state index contributed by atoms with van der Waals surface area (Å²) in [4.78, 5) is 33.6. The summed E-state index contributed by atoms with van der Waals surface area (Å²) >= 11 is 0. The Bertz CT molecular complexity index is 515. The van der Waals surface area contributed by atoms with Gasteiger partial charge in [-0.1, -0.05) is 0 Å². The van der Waals surface area contributed by atoms with Crippen LogP contribution in [0.4, 0.5) is 5.69 Å². The summed E-state index contributed by atoms with van der Waals surface area (Å²) in [5.74, 6) is -2.12. The zero-order valence-corrected chi connectivity index (χ0v) is 11.2. The lowest BCUT2D eigenvalue weighted by Gasteiger charge is -2.10. The fourth-order valence-corrected chi connectivity index (χ4v) is 1.49. The Morgan fingerprint density at radius 1 is 1.19 bits per heavy atom. The van der Waals surface area contributed by atoms with Crippen molar-refractivity contribution >= 4 is 23.5 Å². The number of hydrogen-bond donors (Lipinski definition) is 5. The molecule has 1 aromatic carbocycles. The van der Waals surface area contributed by atoms with E-state index in [1.807, 2.05) is 0 Å². The van der Waals surface area contributed by atoms with Gasteiger partial charge in [0.1, 0.15) is 0 Å². The molecule has 0 saturated heterocycles. The molecule has 1 unspecified atom stereocenters. The molecule has 0 spiro atoms. The van der Waals surface area contributed by atoms with Crippen LogP contribution in [0, 0.1) is 0 Å². The van der Waals surface area contributed by atoms with Gasteiger partial charge < -0.3 is 26.6 Å². The summed E-state index contributed by atoms with van der Waals surface area (Å²) < 4.78 is 0. The number of benzene rings is 1. The van der Waals surface area contributed by atoms with Crippen molar-refractivity contribution in [3.63, 3.8) is 0 Å². The third-order valence-corrected chi connectivity index (χ3v) is 2.54. The second-order valence-electron chi connectivity index (χ2n) is 4.25. The summed E-state index contributed by atoms with van der Waals surface area (Å²) in [6.07, 6.45) is -0.465. The van der Waals surface area contributed by atoms with Gasteiger partial charge in [0.2, 0.25) is 5.91 Å². The van der Waals surface area contributed by atoms with Gasteiger partial charge in [0.15, 0.2) is 0 Å². The van der Waals surface area contributed by atoms with Crippen LogP contribution in [-0.4, -0.2) is 47.2 Å². The first-order valence-corrected chi connectivity index (χ1v) is 6.21. The van der Waals surface area contributed by atoms with Crippen LogP contribution in [0.25, 0.3) is 0 Å². The highest BCUT2D eigenvalue weighted by atomic mass is 16.4. The summed E-state index contributed by atoms with van der Waals surface area (Å²) in [7, 11) is 0. The Labute approximate surface area is 120 Å². The van der Waals surface area contributed by atoms with Crippen molar-refractivity contribution in [2.45, 2.75) is 12.5 Å². The van der Waals surface area contributed by atoms with Gasteiger partial charge in [0.25, 0.3) is 5.91 Å². The summed E-state index contributed by atoms with van der Waals surface area (Å²) in [5.41, 5.74) is 6.19. The number of nitrogens with two attached hydrogens (primary N) is 1. The lowest BCUT2D eigenvalue weighted by Crippen LogP contribution is -2.37. The number of carboxylic acid groups (broad SMARTS) is 1. The molecule has 0 aromatic heterocycles. The first kappa shape index (κ1) is 16.6. The fraction of sp³-hybridized carbons (Fsp3) is 0.308. The highest BCUT2D eigenvalue weighted by Gasteiger charge is 2.17. The Balaban J connectivity index is 2.60. The van der Waals surface area contributed by atoms with Crippen molar-refractivity contribution < 1.29 is 24.6 Å². The van der Waals surface area contributed by atoms with Gasteiger partial charge in [-0.3, -0.25) is 14.4 Å². The van der Waals surface area contributed by atoms with Crippen molar-refractivity contribution in [1.82, 2.24) is 5.32 Å². The topological polar surface area (TPSA) is 142 Å². The molecule has 0 fully saturated rings. The number of aliphatic hydroxyl groups excluding tert-OH is 1. The molecule has 0 heterocycles. The highest BCUT2D eigenvalue weighted by molar-refractivity contribution is 5.98. The fourth-order valence-electron chi connectivity index (χ4n) is 1.49. The zero-order chi connectivity index (χ0) is 15.8. The van der Waals surface area contributed by atoms with Gasteiger partial charge in [0.05, 0.1) is 19.1 Å². The molecule has 6 N–H and O–H groups in total. The molecule has 21 heavy (non-hydrogen) atoms. The molecule has 0 bridgehead atoms. The van der Waals surface area contributed by atoms with E-state index in [0.29, 0.717) is 11.3 Å². The van der Waals surface area contributed by atoms with E-state index >= 15 is 0 Å². The van der Waals surface area contributed by atoms with Gasteiger partial charge in [-0.25, -0.2) is 0 Å². The Hall–Kier alpha value is -2.45. The van der Waals surface area contributed by atoms with E-state index in [2.05, 4.69) is 10.6 Å². The number of carboxylic acids is 1. The van der Waals surface area contributed by atoms with Gasteiger partial charge in [-0.05, 0) is 24.3 Å². The van der Waals surface area contributed by atoms with E-state index in [-0.39, 0.29) is 19.1 Å². The third-order valence-electron chi connectivity index (χ3n) is 2.54. The maximum Gasteiger partial charge on any atom is 0.305 e. The van der Waals surface area contributed by atoms with Gasteiger partial charge in [0, 0.05) is 17.8 Å².